The molecule has 0 aliphatic heterocycles. The maximum Gasteiger partial charge on any atom is 0.296 e. The van der Waals surface area contributed by atoms with Crippen molar-refractivity contribution in [1.29, 1.82) is 5.26 Å². The van der Waals surface area contributed by atoms with E-state index in [0.717, 1.165) is 22.2 Å². The van der Waals surface area contributed by atoms with Gasteiger partial charge in [-0.3, -0.25) is 31.7 Å². The van der Waals surface area contributed by atoms with E-state index in [1.54, 1.807) is 6.92 Å². The van der Waals surface area contributed by atoms with E-state index in [4.69, 9.17) is 9.47 Å². The Bertz CT molecular complexity index is 4970. The number of hydrogen-bond donors (Lipinski definition) is 7. The molecule has 3 heterocycles. The van der Waals surface area contributed by atoms with Crippen LogP contribution in [0.15, 0.2) is 110 Å². The first-order chi connectivity index (χ1) is 39.0. The zero-order chi connectivity index (χ0) is 61.8. The first kappa shape index (κ1) is 62.7. The Morgan fingerprint density at radius 3 is 1.89 bits per heavy atom. The Balaban J connectivity index is 1.22. The van der Waals surface area contributed by atoms with Gasteiger partial charge in [0.2, 0.25) is 11.0 Å². The van der Waals surface area contributed by atoms with Crippen LogP contribution < -0.4 is 9.47 Å². The molecule has 0 unspecified atom stereocenters. The number of ether oxygens (including phenoxy) is 2. The maximum atomic E-state index is 12.6. The number of thiazole rings is 1. The fourth-order valence-corrected chi connectivity index (χ4v) is 14.3. The Labute approximate surface area is 484 Å². The Kier molecular flexibility index (Phi) is 17.4. The summed E-state index contributed by atoms with van der Waals surface area (Å²) in [5.41, 5.74) is -1.20. The lowest BCUT2D eigenvalue weighted by atomic mass is 10.1. The molecule has 39 heteroatoms. The summed E-state index contributed by atoms with van der Waals surface area (Å²) in [4.78, 5) is 4.90. The second kappa shape index (κ2) is 23.3. The first-order valence-electron chi connectivity index (χ1n) is 23.2. The number of nitrogens with zero attached hydrogens (tertiary/aromatic N) is 10. The second-order valence-corrected chi connectivity index (χ2v) is 28.6. The molecule has 0 spiro atoms. The van der Waals surface area contributed by atoms with Gasteiger partial charge in [0.15, 0.2) is 11.3 Å². The van der Waals surface area contributed by atoms with Crippen LogP contribution in [0.3, 0.4) is 0 Å². The van der Waals surface area contributed by atoms with Crippen molar-refractivity contribution in [3.63, 3.8) is 0 Å². The number of nitriles is 1. The molecule has 7 N–H and O–H groups in total. The number of aromatic nitrogens is 3. The lowest BCUT2D eigenvalue weighted by Crippen LogP contribution is -2.08. The number of benzene rings is 5. The summed E-state index contributed by atoms with van der Waals surface area (Å²) in [6.07, 6.45) is -0.345. The van der Waals surface area contributed by atoms with E-state index < -0.39 is 114 Å². The van der Waals surface area contributed by atoms with Crippen molar-refractivity contribution in [2.24, 2.45) is 30.7 Å². The van der Waals surface area contributed by atoms with Gasteiger partial charge < -0.3 is 14.6 Å². The predicted molar refractivity (Wildman–Crippen MR) is 300 cm³/mol. The summed E-state index contributed by atoms with van der Waals surface area (Å²) >= 11 is 1.50. The van der Waals surface area contributed by atoms with Gasteiger partial charge in [-0.15, -0.1) is 37.3 Å². The smallest absolute Gasteiger partial charge is 0.296 e. The van der Waals surface area contributed by atoms with Gasteiger partial charge >= 0.3 is 0 Å². The number of azo groups is 3. The molecule has 0 amide bonds. The van der Waals surface area contributed by atoms with Crippen LogP contribution >= 0.6 is 23.1 Å². The summed E-state index contributed by atoms with van der Waals surface area (Å²) in [6.45, 7) is 3.99. The summed E-state index contributed by atoms with van der Waals surface area (Å²) in [5, 5.41) is 46.1. The van der Waals surface area contributed by atoms with Crippen molar-refractivity contribution >= 4 is 155 Å². The highest BCUT2D eigenvalue weighted by Gasteiger charge is 2.30. The third kappa shape index (κ3) is 13.6. The summed E-state index contributed by atoms with van der Waals surface area (Å²) < 4.78 is 217. The molecule has 0 saturated carbocycles. The zero-order valence-corrected chi connectivity index (χ0v) is 49.6. The molecule has 8 aromatic rings. The van der Waals surface area contributed by atoms with Crippen LogP contribution in [0.1, 0.15) is 35.1 Å². The van der Waals surface area contributed by atoms with E-state index >= 15 is 0 Å². The van der Waals surface area contributed by atoms with Crippen molar-refractivity contribution in [3.05, 3.63) is 76.9 Å². The number of rotatable bonds is 21. The highest BCUT2D eigenvalue weighted by Crippen LogP contribution is 2.46. The Hall–Kier alpha value is -7.30. The number of aromatic hydroxyl groups is 1. The van der Waals surface area contributed by atoms with Gasteiger partial charge in [0, 0.05) is 33.4 Å². The number of aryl methyl sites for hydroxylation is 2. The fourth-order valence-electron chi connectivity index (χ4n) is 8.24. The number of fused-ring (bicyclic) bond motifs is 6. The minimum atomic E-state index is -5.33. The van der Waals surface area contributed by atoms with Crippen molar-refractivity contribution in [1.82, 2.24) is 14.4 Å². The predicted octanol–water partition coefficient (Wildman–Crippen LogP) is 9.02. The van der Waals surface area contributed by atoms with E-state index in [9.17, 15) is 88.2 Å². The molecule has 8 rings (SSSR count). The van der Waals surface area contributed by atoms with Gasteiger partial charge in [0.05, 0.1) is 51.5 Å². The Morgan fingerprint density at radius 1 is 0.655 bits per heavy atom. The Morgan fingerprint density at radius 2 is 1.27 bits per heavy atom. The minimum absolute atomic E-state index is 0.0120. The molecule has 0 atom stereocenters. The van der Waals surface area contributed by atoms with Crippen molar-refractivity contribution in [2.75, 3.05) is 31.0 Å². The average Bonchev–Trinajstić information content (AvgIpc) is 1.56. The highest BCUT2D eigenvalue weighted by molar-refractivity contribution is 7.99. The zero-order valence-electron chi connectivity index (χ0n) is 43.0. The molecular weight excluding hydrogens is 1270 g/mol. The number of methoxy groups -OCH3 is 1. The van der Waals surface area contributed by atoms with Gasteiger partial charge in [-0.1, -0.05) is 17.4 Å². The summed E-state index contributed by atoms with van der Waals surface area (Å²) in [7, 11) is -28.3. The van der Waals surface area contributed by atoms with E-state index in [-0.39, 0.29) is 113 Å². The molecule has 0 fully saturated rings. The van der Waals surface area contributed by atoms with Gasteiger partial charge in [0.1, 0.15) is 60.4 Å². The molecule has 5 aromatic carbocycles. The molecule has 0 aliphatic rings. The number of pyridine rings is 1. The normalized spacial score (nSPS) is 13.2. The standard InChI is InChI=1S/C45H40N10O21S8/c1-21-7-8-28-40(42(21)84(72,73)74)55-43(47-28)27(20-46)23(3)38(44(55)56)53-50-30-13-22(2)29(17-34(30)76-9-5-11-79(57,58)59)49-52-32-18-33(75-4)31(19-35(32)77-10-6-12-80(60,61)62)51-54-45-48-39-37(83(69,70)71)16-25-26(41(39)78-45)14-24(81(63,64)65)15-36(25)82(66,67)68/h7-8,13-19,56H,5-6,9-12H2,1-4H3,(H,57,58,59)(H,60,61,62)(H,63,64,65)(H,66,67,68)(H,69,70,71)(H,72,73,74). The molecular formula is C45H40N10O21S8. The van der Waals surface area contributed by atoms with Crippen LogP contribution in [-0.2, 0) is 60.7 Å². The SMILES string of the molecule is COc1cc(N=Nc2cc(OCCCS(=O)(=O)O)c(N=Nc3c(C)c(C#N)c4nc5ccc(C)c(S(=O)(=O)O)c5n4c3O)cc2C)c(SCCCS(=O)(=O)O)cc1N=Nc1nc2c(S(=O)(=O)O)cc3c(S(=O)(=O)O)cc(S(=O)(=O)O)cc3c2s1. The van der Waals surface area contributed by atoms with Crippen molar-refractivity contribution in [3.8, 4) is 23.4 Å². The average molecular weight is 1310 g/mol. The molecule has 0 aliphatic carbocycles. The minimum Gasteiger partial charge on any atom is -0.494 e. The van der Waals surface area contributed by atoms with E-state index in [2.05, 4.69) is 40.7 Å². The van der Waals surface area contributed by atoms with Crippen molar-refractivity contribution < 1.29 is 92.4 Å². The molecule has 0 radical (unpaired) electrons. The van der Waals surface area contributed by atoms with Gasteiger partial charge in [0.25, 0.3) is 60.7 Å². The summed E-state index contributed by atoms with van der Waals surface area (Å²) in [5.74, 6) is -2.30. The number of thioether (sulfide) groups is 1. The van der Waals surface area contributed by atoms with Crippen LogP contribution in [-0.4, -0.2) is 128 Å². The monoisotopic (exact) mass is 1310 g/mol. The van der Waals surface area contributed by atoms with Crippen molar-refractivity contribution in [2.45, 2.75) is 58.1 Å². The van der Waals surface area contributed by atoms with Crippen LogP contribution in [0, 0.1) is 32.1 Å². The van der Waals surface area contributed by atoms with Gasteiger partial charge in [-0.2, -0.15) is 60.9 Å². The van der Waals surface area contributed by atoms with E-state index in [0.29, 0.717) is 29.0 Å². The molecule has 444 valence electrons. The lowest BCUT2D eigenvalue weighted by Gasteiger charge is -2.13. The van der Waals surface area contributed by atoms with Gasteiger partial charge in [-0.25, -0.2) is 9.97 Å². The quantitative estimate of drug-likeness (QED) is 0.0153. The van der Waals surface area contributed by atoms with E-state index in [1.165, 1.54) is 57.4 Å². The molecule has 31 nitrogen and oxygen atoms in total. The van der Waals surface area contributed by atoms with Crippen LogP contribution in [0.4, 0.5) is 33.6 Å². The topological polar surface area (TPSA) is 493 Å². The maximum absolute atomic E-state index is 12.6. The van der Waals surface area contributed by atoms with Crippen LogP contribution in [0.25, 0.3) is 37.7 Å². The van der Waals surface area contributed by atoms with E-state index in [1.807, 2.05) is 6.07 Å². The van der Waals surface area contributed by atoms with Crippen LogP contribution in [0.2, 0.25) is 0 Å². The molecule has 0 bridgehead atoms. The molecule has 0 saturated heterocycles. The third-order valence-corrected chi connectivity index (χ3v) is 19.3. The molecule has 84 heavy (non-hydrogen) atoms. The molecule has 3 aromatic heterocycles. The fraction of sp³-hybridized carbons (Fsp3) is 0.222. The largest absolute Gasteiger partial charge is 0.494 e. The highest BCUT2D eigenvalue weighted by atomic mass is 32.2. The first-order valence-corrected chi connectivity index (χ1v) is 33.9. The summed E-state index contributed by atoms with van der Waals surface area (Å²) in [6, 6.07) is 11.9. The van der Waals surface area contributed by atoms with Gasteiger partial charge in [-0.05, 0) is 86.9 Å². The number of imidazole rings is 1. The van der Waals surface area contributed by atoms with Crippen LogP contribution in [0.5, 0.6) is 17.4 Å². The lowest BCUT2D eigenvalue weighted by molar-refractivity contribution is 0.317. The number of hydrogen-bond acceptors (Lipinski definition) is 26. The third-order valence-electron chi connectivity index (χ3n) is 12.0. The second-order valence-electron chi connectivity index (χ2n) is 17.8.